The summed E-state index contributed by atoms with van der Waals surface area (Å²) < 4.78 is 0. The third kappa shape index (κ3) is 5.97. The Bertz CT molecular complexity index is 367. The quantitative estimate of drug-likeness (QED) is 0.574. The van der Waals surface area contributed by atoms with E-state index in [1.54, 1.807) is 12.4 Å². The van der Waals surface area contributed by atoms with Crippen LogP contribution in [0.4, 0.5) is 0 Å². The first-order chi connectivity index (χ1) is 8.61. The lowest BCUT2D eigenvalue weighted by atomic mass is 10.3. The number of nitrogens with one attached hydrogen (secondary N) is 2. The van der Waals surface area contributed by atoms with E-state index in [1.807, 2.05) is 6.92 Å². The molecule has 6 heteroatoms. The van der Waals surface area contributed by atoms with Gasteiger partial charge in [0, 0.05) is 37.1 Å². The second kappa shape index (κ2) is 8.05. The Hall–Kier alpha value is -1.14. The van der Waals surface area contributed by atoms with Gasteiger partial charge in [-0.15, -0.1) is 0 Å². The summed E-state index contributed by atoms with van der Waals surface area (Å²) in [5.74, 6) is 0.369. The van der Waals surface area contributed by atoms with E-state index < -0.39 is 0 Å². The maximum absolute atomic E-state index is 11.3. The summed E-state index contributed by atoms with van der Waals surface area (Å²) in [6.07, 6.45) is 3.59. The topological polar surface area (TPSA) is 66.9 Å². The molecule has 1 heterocycles. The number of amides is 1. The highest BCUT2D eigenvalue weighted by Gasteiger charge is 2.04. The standard InChI is InChI=1S/C12H20N4OS/c1-4-13-11(17)8-18-12-15-6-10(7-16-12)5-14-9(2)3/h6-7,9,14H,4-5,8H2,1-3H3,(H,13,17). The Morgan fingerprint density at radius 2 is 2.06 bits per heavy atom. The number of nitrogens with zero attached hydrogens (tertiary/aromatic N) is 2. The number of carbonyl (C=O) groups is 1. The number of thioether (sulfide) groups is 1. The van der Waals surface area contributed by atoms with Crippen LogP contribution < -0.4 is 10.6 Å². The molecule has 1 rings (SSSR count). The van der Waals surface area contributed by atoms with Crippen LogP contribution in [-0.2, 0) is 11.3 Å². The molecule has 0 aliphatic rings. The van der Waals surface area contributed by atoms with E-state index in [9.17, 15) is 4.79 Å². The molecule has 0 unspecified atom stereocenters. The van der Waals surface area contributed by atoms with Gasteiger partial charge >= 0.3 is 0 Å². The summed E-state index contributed by atoms with van der Waals surface area (Å²) >= 11 is 1.35. The van der Waals surface area contributed by atoms with E-state index in [4.69, 9.17) is 0 Å². The summed E-state index contributed by atoms with van der Waals surface area (Å²) in [4.78, 5) is 19.7. The van der Waals surface area contributed by atoms with Crippen molar-refractivity contribution < 1.29 is 4.79 Å². The Morgan fingerprint density at radius 3 is 2.61 bits per heavy atom. The lowest BCUT2D eigenvalue weighted by Gasteiger charge is -2.07. The fraction of sp³-hybridized carbons (Fsp3) is 0.583. The lowest BCUT2D eigenvalue weighted by Crippen LogP contribution is -2.24. The number of aromatic nitrogens is 2. The molecule has 0 aliphatic heterocycles. The number of rotatable bonds is 7. The molecule has 0 saturated carbocycles. The van der Waals surface area contributed by atoms with Crippen LogP contribution in [0.15, 0.2) is 17.6 Å². The molecule has 0 atom stereocenters. The van der Waals surface area contributed by atoms with Crippen molar-refractivity contribution in [2.75, 3.05) is 12.3 Å². The van der Waals surface area contributed by atoms with E-state index in [2.05, 4.69) is 34.4 Å². The van der Waals surface area contributed by atoms with Crippen molar-refractivity contribution in [2.45, 2.75) is 38.5 Å². The third-order valence-corrected chi connectivity index (χ3v) is 2.98. The van der Waals surface area contributed by atoms with Crippen molar-refractivity contribution >= 4 is 17.7 Å². The highest BCUT2D eigenvalue weighted by Crippen LogP contribution is 2.11. The van der Waals surface area contributed by atoms with Crippen molar-refractivity contribution in [3.63, 3.8) is 0 Å². The van der Waals surface area contributed by atoms with Crippen LogP contribution >= 0.6 is 11.8 Å². The summed E-state index contributed by atoms with van der Waals surface area (Å²) in [5.41, 5.74) is 1.05. The Labute approximate surface area is 112 Å². The van der Waals surface area contributed by atoms with Crippen LogP contribution in [0.2, 0.25) is 0 Å². The highest BCUT2D eigenvalue weighted by atomic mass is 32.2. The molecule has 0 aromatic carbocycles. The predicted molar refractivity (Wildman–Crippen MR) is 73.4 cm³/mol. The van der Waals surface area contributed by atoms with Gasteiger partial charge in [-0.1, -0.05) is 25.6 Å². The van der Waals surface area contributed by atoms with Gasteiger partial charge in [0.25, 0.3) is 0 Å². The molecule has 0 saturated heterocycles. The molecule has 1 aromatic heterocycles. The number of hydrogen-bond acceptors (Lipinski definition) is 5. The smallest absolute Gasteiger partial charge is 0.230 e. The minimum absolute atomic E-state index is 0.0108. The monoisotopic (exact) mass is 268 g/mol. The molecular formula is C12H20N4OS. The fourth-order valence-corrected chi connectivity index (χ4v) is 1.83. The number of hydrogen-bond donors (Lipinski definition) is 2. The Kier molecular flexibility index (Phi) is 6.67. The van der Waals surface area contributed by atoms with Gasteiger partial charge in [-0.3, -0.25) is 4.79 Å². The molecule has 18 heavy (non-hydrogen) atoms. The number of carbonyl (C=O) groups excluding carboxylic acids is 1. The van der Waals surface area contributed by atoms with Gasteiger partial charge in [-0.2, -0.15) is 0 Å². The normalized spacial score (nSPS) is 10.7. The second-order valence-electron chi connectivity index (χ2n) is 4.15. The zero-order valence-corrected chi connectivity index (χ0v) is 11.9. The van der Waals surface area contributed by atoms with E-state index in [0.717, 1.165) is 12.1 Å². The van der Waals surface area contributed by atoms with Crippen molar-refractivity contribution in [1.29, 1.82) is 0 Å². The van der Waals surface area contributed by atoms with Gasteiger partial charge in [0.1, 0.15) is 0 Å². The van der Waals surface area contributed by atoms with E-state index in [-0.39, 0.29) is 5.91 Å². The van der Waals surface area contributed by atoms with E-state index in [1.165, 1.54) is 11.8 Å². The van der Waals surface area contributed by atoms with Crippen LogP contribution in [0.5, 0.6) is 0 Å². The molecule has 5 nitrogen and oxygen atoms in total. The van der Waals surface area contributed by atoms with Gasteiger partial charge in [0.2, 0.25) is 5.91 Å². The molecule has 0 radical (unpaired) electrons. The van der Waals surface area contributed by atoms with Crippen LogP contribution in [0.1, 0.15) is 26.3 Å². The minimum Gasteiger partial charge on any atom is -0.356 e. The zero-order chi connectivity index (χ0) is 13.4. The highest BCUT2D eigenvalue weighted by molar-refractivity contribution is 7.99. The zero-order valence-electron chi connectivity index (χ0n) is 11.1. The maximum Gasteiger partial charge on any atom is 0.230 e. The SMILES string of the molecule is CCNC(=O)CSc1ncc(CNC(C)C)cn1. The van der Waals surface area contributed by atoms with E-state index >= 15 is 0 Å². The first-order valence-electron chi connectivity index (χ1n) is 6.05. The fourth-order valence-electron chi connectivity index (χ4n) is 1.21. The Balaban J connectivity index is 2.38. The maximum atomic E-state index is 11.3. The van der Waals surface area contributed by atoms with Crippen molar-refractivity contribution in [3.8, 4) is 0 Å². The van der Waals surface area contributed by atoms with Crippen LogP contribution in [0.25, 0.3) is 0 Å². The third-order valence-electron chi connectivity index (χ3n) is 2.10. The molecule has 0 fully saturated rings. The van der Waals surface area contributed by atoms with Gasteiger partial charge in [-0.25, -0.2) is 9.97 Å². The van der Waals surface area contributed by atoms with Gasteiger partial charge in [-0.05, 0) is 6.92 Å². The molecule has 1 amide bonds. The van der Waals surface area contributed by atoms with Crippen LogP contribution in [0.3, 0.4) is 0 Å². The van der Waals surface area contributed by atoms with Crippen molar-refractivity contribution in [2.24, 2.45) is 0 Å². The van der Waals surface area contributed by atoms with Crippen molar-refractivity contribution in [1.82, 2.24) is 20.6 Å². The molecule has 0 bridgehead atoms. The largest absolute Gasteiger partial charge is 0.356 e. The first-order valence-corrected chi connectivity index (χ1v) is 7.04. The molecule has 2 N–H and O–H groups in total. The van der Waals surface area contributed by atoms with Gasteiger partial charge in [0.05, 0.1) is 5.75 Å². The summed E-state index contributed by atoms with van der Waals surface area (Å²) in [6.45, 7) is 7.50. The second-order valence-corrected chi connectivity index (χ2v) is 5.09. The average molecular weight is 268 g/mol. The summed E-state index contributed by atoms with van der Waals surface area (Å²) in [6, 6.07) is 0.441. The van der Waals surface area contributed by atoms with E-state index in [0.29, 0.717) is 23.5 Å². The Morgan fingerprint density at radius 1 is 1.39 bits per heavy atom. The minimum atomic E-state index is 0.0108. The first kappa shape index (κ1) is 14.9. The predicted octanol–water partition coefficient (Wildman–Crippen LogP) is 1.20. The molecule has 1 aromatic rings. The van der Waals surface area contributed by atoms with Crippen LogP contribution in [-0.4, -0.2) is 34.2 Å². The molecule has 0 aliphatic carbocycles. The van der Waals surface area contributed by atoms with Crippen LogP contribution in [0, 0.1) is 0 Å². The molecule has 0 spiro atoms. The van der Waals surface area contributed by atoms with Crippen molar-refractivity contribution in [3.05, 3.63) is 18.0 Å². The molecule has 100 valence electrons. The summed E-state index contributed by atoms with van der Waals surface area (Å²) in [7, 11) is 0. The average Bonchev–Trinajstić information content (AvgIpc) is 2.35. The summed E-state index contributed by atoms with van der Waals surface area (Å²) in [5, 5.41) is 6.67. The van der Waals surface area contributed by atoms with Gasteiger partial charge < -0.3 is 10.6 Å². The molecular weight excluding hydrogens is 248 g/mol. The lowest BCUT2D eigenvalue weighted by molar-refractivity contribution is -0.118. The van der Waals surface area contributed by atoms with Gasteiger partial charge in [0.15, 0.2) is 5.16 Å².